The lowest BCUT2D eigenvalue weighted by atomic mass is 9.99. The molecule has 0 bridgehead atoms. The lowest BCUT2D eigenvalue weighted by Gasteiger charge is -2.41. The van der Waals surface area contributed by atoms with E-state index in [1.165, 1.54) is 12.1 Å². The number of fused-ring (bicyclic) bond motifs is 2. The smallest absolute Gasteiger partial charge is 0.274 e. The minimum absolute atomic E-state index is 0.128. The third-order valence-corrected chi connectivity index (χ3v) is 4.53. The molecule has 1 fully saturated rings. The van der Waals surface area contributed by atoms with Crippen LogP contribution in [0, 0.1) is 5.82 Å². The molecule has 1 N–H and O–H groups in total. The summed E-state index contributed by atoms with van der Waals surface area (Å²) in [6.45, 7) is 5.42. The number of aliphatic hydroxyl groups is 1. The van der Waals surface area contributed by atoms with Gasteiger partial charge in [-0.3, -0.25) is 9.78 Å². The summed E-state index contributed by atoms with van der Waals surface area (Å²) in [5.74, 6) is -0.728. The predicted octanol–water partition coefficient (Wildman–Crippen LogP) is 2.78. The quantitative estimate of drug-likeness (QED) is 0.915. The first-order valence-electron chi connectivity index (χ1n) is 7.95. The number of carbonyl (C=O) groups is 1. The van der Waals surface area contributed by atoms with E-state index in [0.29, 0.717) is 31.0 Å². The molecule has 126 valence electrons. The lowest BCUT2D eigenvalue weighted by Crippen LogP contribution is -2.48. The van der Waals surface area contributed by atoms with E-state index in [4.69, 9.17) is 0 Å². The topological polar surface area (TPSA) is 56.7 Å². The summed E-state index contributed by atoms with van der Waals surface area (Å²) in [6.07, 6.45) is 1.57. The molecule has 1 aromatic heterocycles. The van der Waals surface area contributed by atoms with Gasteiger partial charge in [0.2, 0.25) is 0 Å². The average molecular weight is 337 g/mol. The molecule has 0 unspecified atom stereocenters. The van der Waals surface area contributed by atoms with Crippen molar-refractivity contribution in [2.45, 2.75) is 6.54 Å². The second-order valence-corrected chi connectivity index (χ2v) is 6.05. The zero-order valence-electron chi connectivity index (χ0n) is 13.4. The number of nitrogens with zero attached hydrogens (tertiary/aromatic N) is 3. The summed E-state index contributed by atoms with van der Waals surface area (Å²) < 4.78 is 13.1. The van der Waals surface area contributed by atoms with E-state index in [0.717, 1.165) is 11.1 Å². The summed E-state index contributed by atoms with van der Waals surface area (Å²) in [4.78, 5) is 20.5. The molecule has 3 heterocycles. The largest absolute Gasteiger partial charge is 0.504 e. The third-order valence-electron chi connectivity index (χ3n) is 4.53. The molecule has 1 saturated heterocycles. The maximum Gasteiger partial charge on any atom is 0.274 e. The Bertz CT molecular complexity index is 905. The van der Waals surface area contributed by atoms with E-state index in [2.05, 4.69) is 11.6 Å². The molecule has 0 radical (unpaired) electrons. The number of piperazine rings is 1. The van der Waals surface area contributed by atoms with Gasteiger partial charge in [-0.25, -0.2) is 4.39 Å². The summed E-state index contributed by atoms with van der Waals surface area (Å²) >= 11 is 0. The van der Waals surface area contributed by atoms with Gasteiger partial charge in [-0.15, -0.1) is 0 Å². The Morgan fingerprint density at radius 1 is 1.20 bits per heavy atom. The van der Waals surface area contributed by atoms with E-state index in [1.54, 1.807) is 34.2 Å². The van der Waals surface area contributed by atoms with Crippen LogP contribution >= 0.6 is 0 Å². The molecule has 1 amide bonds. The molecule has 5 nitrogen and oxygen atoms in total. The van der Waals surface area contributed by atoms with Gasteiger partial charge in [-0.2, -0.15) is 0 Å². The van der Waals surface area contributed by atoms with Crippen LogP contribution in [0.15, 0.2) is 54.9 Å². The van der Waals surface area contributed by atoms with Crippen LogP contribution in [0.5, 0.6) is 0 Å². The monoisotopic (exact) mass is 337 g/mol. The van der Waals surface area contributed by atoms with E-state index in [1.807, 2.05) is 6.07 Å². The Morgan fingerprint density at radius 2 is 1.96 bits per heavy atom. The van der Waals surface area contributed by atoms with Crippen LogP contribution in [0.4, 0.5) is 4.39 Å². The minimum atomic E-state index is -0.313. The lowest BCUT2D eigenvalue weighted by molar-refractivity contribution is -0.131. The first-order valence-corrected chi connectivity index (χ1v) is 7.95. The first kappa shape index (κ1) is 15.4. The summed E-state index contributed by atoms with van der Waals surface area (Å²) in [6, 6.07) is 9.65. The maximum absolute atomic E-state index is 13.1. The molecule has 25 heavy (non-hydrogen) atoms. The molecule has 4 rings (SSSR count). The Labute approximate surface area is 144 Å². The fraction of sp³-hybridized carbons (Fsp3) is 0.158. The van der Waals surface area contributed by atoms with Crippen molar-refractivity contribution >= 4 is 17.4 Å². The zero-order valence-corrected chi connectivity index (χ0v) is 13.4. The number of aliphatic hydroxyl groups excluding tert-OH is 1. The highest BCUT2D eigenvalue weighted by Gasteiger charge is 2.38. The molecule has 0 spiro atoms. The van der Waals surface area contributed by atoms with E-state index in [-0.39, 0.29) is 23.2 Å². The van der Waals surface area contributed by atoms with Crippen molar-refractivity contribution in [1.82, 2.24) is 14.8 Å². The summed E-state index contributed by atoms with van der Waals surface area (Å²) in [5, 5.41) is 10.6. The SMILES string of the molecule is C=C1c2cccnc2C(O)=C2C(=O)N(Cc3ccc(F)cc3)CCN12. The summed E-state index contributed by atoms with van der Waals surface area (Å²) in [5.41, 5.74) is 2.78. The van der Waals surface area contributed by atoms with Crippen LogP contribution < -0.4 is 0 Å². The van der Waals surface area contributed by atoms with E-state index >= 15 is 0 Å². The van der Waals surface area contributed by atoms with Crippen molar-refractivity contribution in [3.63, 3.8) is 0 Å². The number of pyridine rings is 1. The van der Waals surface area contributed by atoms with Crippen LogP contribution in [-0.4, -0.2) is 38.9 Å². The Kier molecular flexibility index (Phi) is 3.53. The fourth-order valence-corrected chi connectivity index (χ4v) is 3.24. The van der Waals surface area contributed by atoms with Crippen molar-refractivity contribution in [2.24, 2.45) is 0 Å². The first-order chi connectivity index (χ1) is 12.1. The molecule has 6 heteroatoms. The van der Waals surface area contributed by atoms with Gasteiger partial charge in [0, 0.05) is 37.1 Å². The molecule has 0 atom stereocenters. The number of hydrogen-bond donors (Lipinski definition) is 1. The highest BCUT2D eigenvalue weighted by molar-refractivity contribution is 6.03. The van der Waals surface area contributed by atoms with Crippen molar-refractivity contribution in [3.05, 3.63) is 77.5 Å². The predicted molar refractivity (Wildman–Crippen MR) is 91.3 cm³/mol. The van der Waals surface area contributed by atoms with Gasteiger partial charge in [0.15, 0.2) is 11.5 Å². The Balaban J connectivity index is 1.69. The van der Waals surface area contributed by atoms with Gasteiger partial charge in [0.05, 0.1) is 0 Å². The number of aromatic nitrogens is 1. The number of amides is 1. The van der Waals surface area contributed by atoms with Gasteiger partial charge in [-0.05, 0) is 29.8 Å². The van der Waals surface area contributed by atoms with E-state index < -0.39 is 0 Å². The van der Waals surface area contributed by atoms with Crippen molar-refractivity contribution in [2.75, 3.05) is 13.1 Å². The van der Waals surface area contributed by atoms with Crippen LogP contribution in [0.25, 0.3) is 11.5 Å². The molecule has 2 aliphatic rings. The van der Waals surface area contributed by atoms with Gasteiger partial charge in [0.25, 0.3) is 5.91 Å². The van der Waals surface area contributed by atoms with Crippen molar-refractivity contribution < 1.29 is 14.3 Å². The fourth-order valence-electron chi connectivity index (χ4n) is 3.24. The van der Waals surface area contributed by atoms with Gasteiger partial charge >= 0.3 is 0 Å². The normalized spacial score (nSPS) is 16.8. The standard InChI is InChI=1S/C19H16FN3O2/c1-12-15-3-2-8-21-16(15)18(24)17-19(25)22(9-10-23(12)17)11-13-4-6-14(20)7-5-13/h2-8,24H,1,9-11H2. The molecule has 0 aliphatic carbocycles. The highest BCUT2D eigenvalue weighted by atomic mass is 19.1. The van der Waals surface area contributed by atoms with Gasteiger partial charge < -0.3 is 14.9 Å². The highest BCUT2D eigenvalue weighted by Crippen LogP contribution is 2.37. The number of benzene rings is 1. The molecular weight excluding hydrogens is 321 g/mol. The average Bonchev–Trinajstić information content (AvgIpc) is 2.63. The molecule has 2 aromatic rings. The number of halogens is 1. The van der Waals surface area contributed by atoms with Crippen LogP contribution in [0.3, 0.4) is 0 Å². The van der Waals surface area contributed by atoms with Gasteiger partial charge in [0.1, 0.15) is 11.5 Å². The summed E-state index contributed by atoms with van der Waals surface area (Å²) in [7, 11) is 0. The maximum atomic E-state index is 13.1. The molecular formula is C19H16FN3O2. The number of hydrogen-bond acceptors (Lipinski definition) is 4. The molecule has 0 saturated carbocycles. The molecule has 1 aromatic carbocycles. The van der Waals surface area contributed by atoms with Crippen molar-refractivity contribution in [1.29, 1.82) is 0 Å². The van der Waals surface area contributed by atoms with Gasteiger partial charge in [-0.1, -0.05) is 18.7 Å². The Hall–Kier alpha value is -3.15. The minimum Gasteiger partial charge on any atom is -0.504 e. The van der Waals surface area contributed by atoms with Crippen LogP contribution in [0.1, 0.15) is 16.8 Å². The second-order valence-electron chi connectivity index (χ2n) is 6.05. The van der Waals surface area contributed by atoms with Crippen LogP contribution in [0.2, 0.25) is 0 Å². The van der Waals surface area contributed by atoms with E-state index in [9.17, 15) is 14.3 Å². The van der Waals surface area contributed by atoms with Crippen molar-refractivity contribution in [3.8, 4) is 0 Å². The Morgan fingerprint density at radius 3 is 2.72 bits per heavy atom. The number of rotatable bonds is 2. The van der Waals surface area contributed by atoms with Crippen LogP contribution in [-0.2, 0) is 11.3 Å². The second kappa shape index (κ2) is 5.73. The molecule has 2 aliphatic heterocycles. The number of carbonyl (C=O) groups excluding carboxylic acids is 1. The zero-order chi connectivity index (χ0) is 17.6. The third kappa shape index (κ3) is 2.46.